The molecule has 0 spiro atoms. The highest BCUT2D eigenvalue weighted by Gasteiger charge is 2.29. The Labute approximate surface area is 121 Å². The lowest BCUT2D eigenvalue weighted by atomic mass is 10.2. The first kappa shape index (κ1) is 13.6. The van der Waals surface area contributed by atoms with Crippen LogP contribution >= 0.6 is 0 Å². The Bertz CT molecular complexity index is 664. The van der Waals surface area contributed by atoms with Crippen molar-refractivity contribution in [3.63, 3.8) is 0 Å². The SMILES string of the molecule is CN1CCN(C)c2c(F)c(F)nc(Oc3ccccc3)c21. The van der Waals surface area contributed by atoms with Crippen LogP contribution in [0.25, 0.3) is 0 Å². The summed E-state index contributed by atoms with van der Waals surface area (Å²) in [6.45, 7) is 1.29. The van der Waals surface area contributed by atoms with Gasteiger partial charge in [-0.2, -0.15) is 13.8 Å². The number of hydrogen-bond acceptors (Lipinski definition) is 4. The molecule has 0 atom stereocenters. The van der Waals surface area contributed by atoms with Gasteiger partial charge in [0.05, 0.1) is 0 Å². The molecule has 0 radical (unpaired) electrons. The lowest BCUT2D eigenvalue weighted by Gasteiger charge is -2.35. The van der Waals surface area contributed by atoms with E-state index in [-0.39, 0.29) is 11.6 Å². The first-order valence-electron chi connectivity index (χ1n) is 6.62. The number of likely N-dealkylation sites (N-methyl/N-ethyl adjacent to an activating group) is 2. The second-order valence-corrected chi connectivity index (χ2v) is 4.98. The summed E-state index contributed by atoms with van der Waals surface area (Å²) in [4.78, 5) is 7.13. The maximum Gasteiger partial charge on any atom is 0.254 e. The quantitative estimate of drug-likeness (QED) is 0.795. The number of aromatic nitrogens is 1. The van der Waals surface area contributed by atoms with E-state index in [1.165, 1.54) is 0 Å². The van der Waals surface area contributed by atoms with Crippen LogP contribution in [0.1, 0.15) is 0 Å². The molecule has 0 saturated heterocycles. The molecule has 0 bridgehead atoms. The topological polar surface area (TPSA) is 28.6 Å². The van der Waals surface area contributed by atoms with E-state index >= 15 is 0 Å². The van der Waals surface area contributed by atoms with Gasteiger partial charge in [0, 0.05) is 27.2 Å². The standard InChI is InChI=1S/C15H15F2N3O/c1-19-8-9-20(2)13-12(19)11(16)14(17)18-15(13)21-10-6-4-3-5-7-10/h3-7H,8-9H2,1-2H3. The first-order valence-corrected chi connectivity index (χ1v) is 6.62. The molecule has 1 aliphatic rings. The summed E-state index contributed by atoms with van der Waals surface area (Å²) < 4.78 is 33.5. The molecular weight excluding hydrogens is 276 g/mol. The van der Waals surface area contributed by atoms with Crippen LogP contribution in [0.15, 0.2) is 30.3 Å². The minimum Gasteiger partial charge on any atom is -0.437 e. The minimum atomic E-state index is -1.15. The van der Waals surface area contributed by atoms with Crippen molar-refractivity contribution in [2.24, 2.45) is 0 Å². The average Bonchev–Trinajstić information content (AvgIpc) is 2.48. The van der Waals surface area contributed by atoms with Gasteiger partial charge in [-0.25, -0.2) is 0 Å². The van der Waals surface area contributed by atoms with Crippen molar-refractivity contribution in [1.82, 2.24) is 4.98 Å². The molecule has 0 saturated carbocycles. The summed E-state index contributed by atoms with van der Waals surface area (Å²) in [7, 11) is 3.53. The Hall–Kier alpha value is -2.37. The molecule has 6 heteroatoms. The highest BCUT2D eigenvalue weighted by atomic mass is 19.2. The van der Waals surface area contributed by atoms with Gasteiger partial charge in [-0.15, -0.1) is 0 Å². The van der Waals surface area contributed by atoms with Crippen LogP contribution in [-0.4, -0.2) is 32.2 Å². The molecule has 0 unspecified atom stereocenters. The lowest BCUT2D eigenvalue weighted by molar-refractivity contribution is 0.420. The molecule has 110 valence electrons. The number of para-hydroxylation sites is 1. The van der Waals surface area contributed by atoms with Gasteiger partial charge in [-0.1, -0.05) is 18.2 Å². The molecule has 3 rings (SSSR count). The maximum absolute atomic E-state index is 14.1. The summed E-state index contributed by atoms with van der Waals surface area (Å²) in [6, 6.07) is 8.93. The van der Waals surface area contributed by atoms with E-state index in [0.717, 1.165) is 0 Å². The number of benzene rings is 1. The van der Waals surface area contributed by atoms with E-state index in [1.54, 1.807) is 36.2 Å². The number of halogens is 2. The van der Waals surface area contributed by atoms with Crippen LogP contribution in [0.3, 0.4) is 0 Å². The molecule has 0 fully saturated rings. The molecule has 2 aromatic rings. The van der Waals surface area contributed by atoms with Crippen molar-refractivity contribution < 1.29 is 13.5 Å². The second kappa shape index (κ2) is 5.20. The number of nitrogens with zero attached hydrogens (tertiary/aromatic N) is 3. The Kier molecular flexibility index (Phi) is 3.37. The van der Waals surface area contributed by atoms with Gasteiger partial charge in [0.25, 0.3) is 5.95 Å². The third kappa shape index (κ3) is 2.37. The Morgan fingerprint density at radius 3 is 2.29 bits per heavy atom. The zero-order valence-electron chi connectivity index (χ0n) is 11.8. The van der Waals surface area contributed by atoms with E-state index in [1.807, 2.05) is 18.0 Å². The average molecular weight is 291 g/mol. The van der Waals surface area contributed by atoms with Gasteiger partial charge in [0.1, 0.15) is 17.1 Å². The highest BCUT2D eigenvalue weighted by molar-refractivity contribution is 5.78. The fraction of sp³-hybridized carbons (Fsp3) is 0.267. The fourth-order valence-electron chi connectivity index (χ4n) is 2.38. The Balaban J connectivity index is 2.13. The molecular formula is C15H15F2N3O. The summed E-state index contributed by atoms with van der Waals surface area (Å²) in [5.74, 6) is -1.50. The van der Waals surface area contributed by atoms with Crippen molar-refractivity contribution in [2.45, 2.75) is 0 Å². The van der Waals surface area contributed by atoms with E-state index in [4.69, 9.17) is 4.74 Å². The van der Waals surface area contributed by atoms with E-state index in [0.29, 0.717) is 24.5 Å². The van der Waals surface area contributed by atoms with Gasteiger partial charge in [0.15, 0.2) is 0 Å². The molecule has 1 aromatic carbocycles. The number of pyridine rings is 1. The molecule has 1 aliphatic heterocycles. The Morgan fingerprint density at radius 1 is 1.00 bits per heavy atom. The zero-order valence-corrected chi connectivity index (χ0v) is 11.8. The zero-order chi connectivity index (χ0) is 15.0. The van der Waals surface area contributed by atoms with Crippen LogP contribution in [-0.2, 0) is 0 Å². The second-order valence-electron chi connectivity index (χ2n) is 4.98. The van der Waals surface area contributed by atoms with E-state index in [2.05, 4.69) is 4.98 Å². The summed E-state index contributed by atoms with van der Waals surface area (Å²) >= 11 is 0. The third-order valence-corrected chi connectivity index (χ3v) is 3.51. The maximum atomic E-state index is 14.1. The minimum absolute atomic E-state index is 0.0733. The molecule has 0 amide bonds. The number of ether oxygens (including phenoxy) is 1. The normalized spacial score (nSPS) is 14.1. The number of fused-ring (bicyclic) bond motifs is 1. The molecule has 21 heavy (non-hydrogen) atoms. The van der Waals surface area contributed by atoms with Crippen molar-refractivity contribution in [1.29, 1.82) is 0 Å². The molecule has 1 aromatic heterocycles. The van der Waals surface area contributed by atoms with Crippen LogP contribution in [0, 0.1) is 11.8 Å². The first-order chi connectivity index (χ1) is 10.1. The number of rotatable bonds is 2. The molecule has 4 nitrogen and oxygen atoms in total. The van der Waals surface area contributed by atoms with Gasteiger partial charge >= 0.3 is 0 Å². The van der Waals surface area contributed by atoms with Crippen LogP contribution in [0.5, 0.6) is 11.6 Å². The smallest absolute Gasteiger partial charge is 0.254 e. The summed E-state index contributed by atoms with van der Waals surface area (Å²) in [6.07, 6.45) is 0. The largest absolute Gasteiger partial charge is 0.437 e. The Morgan fingerprint density at radius 2 is 1.62 bits per heavy atom. The third-order valence-electron chi connectivity index (χ3n) is 3.51. The fourth-order valence-corrected chi connectivity index (χ4v) is 2.38. The van der Waals surface area contributed by atoms with Gasteiger partial charge < -0.3 is 14.5 Å². The molecule has 2 heterocycles. The predicted molar refractivity (Wildman–Crippen MR) is 77.2 cm³/mol. The van der Waals surface area contributed by atoms with Crippen molar-refractivity contribution in [3.05, 3.63) is 42.1 Å². The monoisotopic (exact) mass is 291 g/mol. The van der Waals surface area contributed by atoms with Gasteiger partial charge in [0.2, 0.25) is 11.7 Å². The summed E-state index contributed by atoms with van der Waals surface area (Å²) in [5.41, 5.74) is 0.647. The van der Waals surface area contributed by atoms with Gasteiger partial charge in [-0.05, 0) is 12.1 Å². The van der Waals surface area contributed by atoms with Crippen LogP contribution in [0.2, 0.25) is 0 Å². The van der Waals surface area contributed by atoms with Crippen molar-refractivity contribution >= 4 is 11.4 Å². The summed E-state index contributed by atoms with van der Waals surface area (Å²) in [5, 5.41) is 0. The number of anilines is 2. The molecule has 0 aliphatic carbocycles. The van der Waals surface area contributed by atoms with Crippen LogP contribution in [0.4, 0.5) is 20.2 Å². The van der Waals surface area contributed by atoms with Crippen molar-refractivity contribution in [2.75, 3.05) is 37.0 Å². The van der Waals surface area contributed by atoms with Crippen molar-refractivity contribution in [3.8, 4) is 11.6 Å². The van der Waals surface area contributed by atoms with Crippen LogP contribution < -0.4 is 14.5 Å². The van der Waals surface area contributed by atoms with E-state index in [9.17, 15) is 8.78 Å². The number of hydrogen-bond donors (Lipinski definition) is 0. The predicted octanol–water partition coefficient (Wildman–Crippen LogP) is 3.04. The lowest BCUT2D eigenvalue weighted by Crippen LogP contribution is -2.38. The van der Waals surface area contributed by atoms with Gasteiger partial charge in [-0.3, -0.25) is 0 Å². The van der Waals surface area contributed by atoms with E-state index < -0.39 is 11.8 Å². The molecule has 0 N–H and O–H groups in total. The highest BCUT2D eigenvalue weighted by Crippen LogP contribution is 2.42.